The van der Waals surface area contributed by atoms with Crippen molar-refractivity contribution in [1.29, 1.82) is 0 Å². The number of carbonyl (C=O) groups excluding carboxylic acids is 1. The van der Waals surface area contributed by atoms with Gasteiger partial charge in [0.15, 0.2) is 17.2 Å². The molecule has 2 rings (SSSR count). The highest BCUT2D eigenvalue weighted by atomic mass is 35.5. The molecule has 9 heteroatoms. The number of halogens is 5. The van der Waals surface area contributed by atoms with Gasteiger partial charge in [-0.1, -0.05) is 11.6 Å². The summed E-state index contributed by atoms with van der Waals surface area (Å²) in [4.78, 5) is 18.3. The van der Waals surface area contributed by atoms with Gasteiger partial charge in [0, 0.05) is 5.39 Å². The molecular weight excluding hydrogens is 316 g/mol. The quantitative estimate of drug-likeness (QED) is 0.626. The highest BCUT2D eigenvalue weighted by Gasteiger charge is 2.38. The molecule has 4 nitrogen and oxygen atoms in total. The molecule has 0 aliphatic carbocycles. The van der Waals surface area contributed by atoms with Gasteiger partial charge in [0.25, 0.3) is 0 Å². The number of aromatic nitrogens is 2. The first kappa shape index (κ1) is 15.4. The Bertz CT molecular complexity index is 718. The van der Waals surface area contributed by atoms with Gasteiger partial charge in [-0.05, 0) is 13.0 Å². The average Bonchev–Trinajstić information content (AvgIpc) is 2.41. The number of esters is 1. The van der Waals surface area contributed by atoms with Crippen LogP contribution in [-0.4, -0.2) is 22.5 Å². The molecule has 0 atom stereocenters. The average molecular weight is 323 g/mol. The zero-order valence-corrected chi connectivity index (χ0v) is 11.2. The molecule has 2 aromatic heterocycles. The Morgan fingerprint density at radius 3 is 2.67 bits per heavy atom. The first-order valence-corrected chi connectivity index (χ1v) is 6.02. The Balaban J connectivity index is 2.78. The van der Waals surface area contributed by atoms with E-state index in [1.54, 1.807) is 0 Å². The second-order valence-electron chi connectivity index (χ2n) is 3.89. The molecule has 2 heterocycles. The minimum absolute atomic E-state index is 0.122. The molecule has 0 saturated carbocycles. The van der Waals surface area contributed by atoms with Crippen LogP contribution in [0.4, 0.5) is 17.6 Å². The highest BCUT2D eigenvalue weighted by Crippen LogP contribution is 2.34. The van der Waals surface area contributed by atoms with Crippen LogP contribution in [0.5, 0.6) is 0 Å². The lowest BCUT2D eigenvalue weighted by molar-refractivity contribution is -0.141. The van der Waals surface area contributed by atoms with Gasteiger partial charge < -0.3 is 4.74 Å². The molecule has 0 spiro atoms. The van der Waals surface area contributed by atoms with E-state index in [2.05, 4.69) is 14.7 Å². The van der Waals surface area contributed by atoms with Crippen molar-refractivity contribution >= 4 is 28.6 Å². The van der Waals surface area contributed by atoms with Crippen molar-refractivity contribution in [2.75, 3.05) is 6.61 Å². The van der Waals surface area contributed by atoms with Crippen LogP contribution in [0.3, 0.4) is 0 Å². The number of hydrogen-bond donors (Lipinski definition) is 0. The lowest BCUT2D eigenvalue weighted by atomic mass is 10.1. The van der Waals surface area contributed by atoms with E-state index >= 15 is 0 Å². The maximum Gasteiger partial charge on any atom is 0.434 e. The molecule has 0 aliphatic heterocycles. The summed E-state index contributed by atoms with van der Waals surface area (Å²) < 4.78 is 56.7. The highest BCUT2D eigenvalue weighted by molar-refractivity contribution is 6.35. The standard InChI is InChI=1S/C12H7ClF4N2O2/c1-2-21-11(20)6-3-5-8(13)7(14)4-18-10(5)19-9(6)12(15,16)17/h3-4H,2H2,1H3. The number of pyridine rings is 2. The summed E-state index contributed by atoms with van der Waals surface area (Å²) in [6.45, 7) is 1.32. The molecule has 0 radical (unpaired) electrons. The SMILES string of the molecule is CCOC(=O)c1cc2c(Cl)c(F)cnc2nc1C(F)(F)F. The monoisotopic (exact) mass is 322 g/mol. The lowest BCUT2D eigenvalue weighted by Gasteiger charge is -2.12. The molecule has 0 saturated heterocycles. The summed E-state index contributed by atoms with van der Waals surface area (Å²) in [6, 6.07) is 0.779. The largest absolute Gasteiger partial charge is 0.462 e. The third kappa shape index (κ3) is 2.90. The topological polar surface area (TPSA) is 52.1 Å². The molecule has 0 amide bonds. The van der Waals surface area contributed by atoms with Crippen molar-refractivity contribution in [3.8, 4) is 0 Å². The van der Waals surface area contributed by atoms with Crippen molar-refractivity contribution in [2.45, 2.75) is 13.1 Å². The predicted molar refractivity (Wildman–Crippen MR) is 65.5 cm³/mol. The molecule has 0 fully saturated rings. The van der Waals surface area contributed by atoms with Crippen LogP contribution in [0.25, 0.3) is 11.0 Å². The van der Waals surface area contributed by atoms with Crippen LogP contribution in [0, 0.1) is 5.82 Å². The summed E-state index contributed by atoms with van der Waals surface area (Å²) in [7, 11) is 0. The number of fused-ring (bicyclic) bond motifs is 1. The van der Waals surface area contributed by atoms with Crippen LogP contribution >= 0.6 is 11.6 Å². The molecule has 2 aromatic rings. The van der Waals surface area contributed by atoms with Crippen molar-refractivity contribution in [1.82, 2.24) is 9.97 Å². The van der Waals surface area contributed by atoms with E-state index in [1.165, 1.54) is 6.92 Å². The van der Waals surface area contributed by atoms with Crippen LogP contribution in [0.15, 0.2) is 12.3 Å². The summed E-state index contributed by atoms with van der Waals surface area (Å²) in [5.41, 5.74) is -2.71. The first-order valence-electron chi connectivity index (χ1n) is 5.64. The van der Waals surface area contributed by atoms with E-state index in [1.807, 2.05) is 0 Å². The van der Waals surface area contributed by atoms with E-state index in [0.29, 0.717) is 6.20 Å². The fourth-order valence-electron chi connectivity index (χ4n) is 1.65. The second-order valence-corrected chi connectivity index (χ2v) is 4.27. The number of hydrogen-bond acceptors (Lipinski definition) is 4. The summed E-state index contributed by atoms with van der Waals surface area (Å²) in [5.74, 6) is -2.15. The maximum absolute atomic E-state index is 13.3. The van der Waals surface area contributed by atoms with Gasteiger partial charge in [-0.3, -0.25) is 0 Å². The summed E-state index contributed by atoms with van der Waals surface area (Å²) in [5, 5.41) is -0.667. The van der Waals surface area contributed by atoms with Crippen LogP contribution in [-0.2, 0) is 10.9 Å². The van der Waals surface area contributed by atoms with Crippen molar-refractivity contribution in [2.24, 2.45) is 0 Å². The maximum atomic E-state index is 13.3. The number of rotatable bonds is 2. The van der Waals surface area contributed by atoms with E-state index < -0.39 is 39.9 Å². The Kier molecular flexibility index (Phi) is 3.99. The Morgan fingerprint density at radius 2 is 2.10 bits per heavy atom. The number of nitrogens with zero attached hydrogens (tertiary/aromatic N) is 2. The zero-order valence-electron chi connectivity index (χ0n) is 10.5. The smallest absolute Gasteiger partial charge is 0.434 e. The number of carbonyl (C=O) groups is 1. The van der Waals surface area contributed by atoms with Crippen molar-refractivity contribution in [3.05, 3.63) is 34.4 Å². The van der Waals surface area contributed by atoms with Gasteiger partial charge in [-0.15, -0.1) is 0 Å². The van der Waals surface area contributed by atoms with Gasteiger partial charge in [0.05, 0.1) is 23.4 Å². The van der Waals surface area contributed by atoms with Gasteiger partial charge in [-0.25, -0.2) is 19.2 Å². The Hall–Kier alpha value is -1.96. The molecule has 0 N–H and O–H groups in total. The fourth-order valence-corrected chi connectivity index (χ4v) is 1.84. The van der Waals surface area contributed by atoms with Crippen LogP contribution in [0.1, 0.15) is 23.0 Å². The van der Waals surface area contributed by atoms with Crippen LogP contribution in [0.2, 0.25) is 5.02 Å². The third-order valence-electron chi connectivity index (χ3n) is 2.51. The predicted octanol–water partition coefficient (Wildman–Crippen LogP) is 3.62. The normalized spacial score (nSPS) is 11.7. The summed E-state index contributed by atoms with van der Waals surface area (Å²) in [6.07, 6.45) is -4.24. The molecule has 0 aromatic carbocycles. The molecule has 0 bridgehead atoms. The van der Waals surface area contributed by atoms with E-state index in [0.717, 1.165) is 6.07 Å². The van der Waals surface area contributed by atoms with Gasteiger partial charge >= 0.3 is 12.1 Å². The Labute approximate surface area is 120 Å². The van der Waals surface area contributed by atoms with E-state index in [4.69, 9.17) is 11.6 Å². The fraction of sp³-hybridized carbons (Fsp3) is 0.250. The van der Waals surface area contributed by atoms with Crippen molar-refractivity contribution in [3.63, 3.8) is 0 Å². The molecule has 0 aliphatic rings. The zero-order chi connectivity index (χ0) is 15.8. The third-order valence-corrected chi connectivity index (χ3v) is 2.90. The second kappa shape index (κ2) is 5.44. The molecule has 0 unspecified atom stereocenters. The van der Waals surface area contributed by atoms with Crippen LogP contribution < -0.4 is 0 Å². The van der Waals surface area contributed by atoms with Gasteiger partial charge in [-0.2, -0.15) is 13.2 Å². The minimum atomic E-state index is -4.89. The summed E-state index contributed by atoms with van der Waals surface area (Å²) >= 11 is 5.66. The first-order chi connectivity index (χ1) is 9.75. The lowest BCUT2D eigenvalue weighted by Crippen LogP contribution is -2.17. The number of alkyl halides is 3. The van der Waals surface area contributed by atoms with Gasteiger partial charge in [0.1, 0.15) is 0 Å². The number of ether oxygens (including phenoxy) is 1. The molecular formula is C12H7ClF4N2O2. The molecule has 112 valence electrons. The minimum Gasteiger partial charge on any atom is -0.462 e. The van der Waals surface area contributed by atoms with E-state index in [9.17, 15) is 22.4 Å². The van der Waals surface area contributed by atoms with Gasteiger partial charge in [0.2, 0.25) is 0 Å². The van der Waals surface area contributed by atoms with Crippen molar-refractivity contribution < 1.29 is 27.1 Å². The van der Waals surface area contributed by atoms with E-state index in [-0.39, 0.29) is 12.0 Å². The Morgan fingerprint density at radius 1 is 1.43 bits per heavy atom. The molecule has 21 heavy (non-hydrogen) atoms.